The predicted molar refractivity (Wildman–Crippen MR) is 178 cm³/mol. The molecular formula is C34H26N4O10S2. The highest BCUT2D eigenvalue weighted by atomic mass is 32.2. The van der Waals surface area contributed by atoms with Gasteiger partial charge in [0.25, 0.3) is 0 Å². The van der Waals surface area contributed by atoms with Gasteiger partial charge in [0.1, 0.15) is 22.9 Å². The van der Waals surface area contributed by atoms with Crippen LogP contribution in [0.25, 0.3) is 0 Å². The van der Waals surface area contributed by atoms with E-state index in [-0.39, 0.29) is 56.1 Å². The SMILES string of the molecule is NC(=O)N(c1ccc(S(=O)(=O)NCc2ccc(S(N)(=O)=O)cc2)cc1)c1c(O)ccc2c1Oc1cc(O)ccc1C21OC(=O)c2ccccc21. The van der Waals surface area contributed by atoms with Gasteiger partial charge in [-0.2, -0.15) is 0 Å². The van der Waals surface area contributed by atoms with Crippen LogP contribution in [-0.4, -0.2) is 39.0 Å². The molecule has 1 spiro atoms. The number of carbonyl (C=O) groups excluding carboxylic acids is 2. The van der Waals surface area contributed by atoms with Crippen molar-refractivity contribution in [3.05, 3.63) is 131 Å². The molecule has 2 heterocycles. The Morgan fingerprint density at radius 3 is 2.16 bits per heavy atom. The molecule has 0 aromatic heterocycles. The number of phenols is 2. The van der Waals surface area contributed by atoms with Gasteiger partial charge in [0.2, 0.25) is 20.0 Å². The number of aromatic hydroxyl groups is 2. The summed E-state index contributed by atoms with van der Waals surface area (Å²) >= 11 is 0. The zero-order valence-electron chi connectivity index (χ0n) is 25.6. The van der Waals surface area contributed by atoms with Gasteiger partial charge < -0.3 is 25.4 Å². The molecule has 7 rings (SSSR count). The van der Waals surface area contributed by atoms with Crippen LogP contribution in [0.15, 0.2) is 113 Å². The highest BCUT2D eigenvalue weighted by molar-refractivity contribution is 7.89. The number of sulfonamides is 2. The van der Waals surface area contributed by atoms with Crippen molar-refractivity contribution < 1.29 is 46.1 Å². The molecule has 0 saturated heterocycles. The van der Waals surface area contributed by atoms with E-state index in [4.69, 9.17) is 20.3 Å². The first-order valence-electron chi connectivity index (χ1n) is 14.7. The maximum absolute atomic E-state index is 13.2. The Kier molecular flexibility index (Phi) is 7.56. The molecule has 2 amide bonds. The molecule has 1 atom stereocenters. The van der Waals surface area contributed by atoms with Crippen molar-refractivity contribution in [2.45, 2.75) is 21.9 Å². The van der Waals surface area contributed by atoms with Gasteiger partial charge in [0.05, 0.1) is 26.6 Å². The lowest BCUT2D eigenvalue weighted by molar-refractivity contribution is 0.0224. The van der Waals surface area contributed by atoms with Gasteiger partial charge in [0.15, 0.2) is 11.4 Å². The number of hydrogen-bond acceptors (Lipinski definition) is 10. The van der Waals surface area contributed by atoms with Crippen LogP contribution >= 0.6 is 0 Å². The van der Waals surface area contributed by atoms with Crippen LogP contribution in [0.5, 0.6) is 23.0 Å². The standard InChI is InChI=1S/C34H26N4O10S2/c35-33(42)38(20-7-12-23(13-8-20)50(45,46)37-18-19-5-10-22(11-6-19)49(36,43)44)30-28(40)16-15-27-31(30)47-29-17-21(39)9-14-26(29)34(27)25-4-2-1-3-24(25)32(41)48-34/h1-17,37,39-40H,18H2,(H2,35,42)(H2,36,43,44). The summed E-state index contributed by atoms with van der Waals surface area (Å²) in [4.78, 5) is 26.9. The fourth-order valence-electron chi connectivity index (χ4n) is 6.12. The summed E-state index contributed by atoms with van der Waals surface area (Å²) < 4.78 is 64.0. The Labute approximate surface area is 285 Å². The summed E-state index contributed by atoms with van der Waals surface area (Å²) in [5, 5.41) is 26.7. The summed E-state index contributed by atoms with van der Waals surface area (Å²) in [5.74, 6) is -1.28. The number of benzene rings is 5. The minimum Gasteiger partial charge on any atom is -0.508 e. The molecule has 50 heavy (non-hydrogen) atoms. The van der Waals surface area contributed by atoms with Crippen molar-refractivity contribution in [3.63, 3.8) is 0 Å². The van der Waals surface area contributed by atoms with Crippen molar-refractivity contribution in [1.29, 1.82) is 0 Å². The summed E-state index contributed by atoms with van der Waals surface area (Å²) in [6.07, 6.45) is 0. The minimum absolute atomic E-state index is 0.0434. The number of primary sulfonamides is 1. The number of anilines is 2. The van der Waals surface area contributed by atoms with E-state index in [9.17, 15) is 36.6 Å². The van der Waals surface area contributed by atoms with Crippen LogP contribution < -0.4 is 25.2 Å². The van der Waals surface area contributed by atoms with Gasteiger partial charge in [0, 0.05) is 23.7 Å². The number of urea groups is 1. The lowest BCUT2D eigenvalue weighted by atomic mass is 9.77. The molecule has 2 aliphatic rings. The highest BCUT2D eigenvalue weighted by Crippen LogP contribution is 2.60. The zero-order chi connectivity index (χ0) is 35.6. The number of fused-ring (bicyclic) bond motifs is 6. The Bertz CT molecular complexity index is 2450. The maximum Gasteiger partial charge on any atom is 0.340 e. The number of ether oxygens (including phenoxy) is 2. The van der Waals surface area contributed by atoms with Crippen LogP contribution in [0.4, 0.5) is 16.2 Å². The van der Waals surface area contributed by atoms with E-state index >= 15 is 0 Å². The second kappa shape index (κ2) is 11.6. The molecule has 5 aromatic carbocycles. The van der Waals surface area contributed by atoms with E-state index in [1.807, 2.05) is 0 Å². The first kappa shape index (κ1) is 32.6. The Hall–Kier alpha value is -5.94. The number of hydrogen-bond donors (Lipinski definition) is 5. The molecule has 5 aromatic rings. The van der Waals surface area contributed by atoms with Crippen LogP contribution in [0, 0.1) is 0 Å². The van der Waals surface area contributed by atoms with Crippen LogP contribution in [-0.2, 0) is 36.9 Å². The van der Waals surface area contributed by atoms with E-state index in [1.165, 1.54) is 72.8 Å². The quantitative estimate of drug-likeness (QED) is 0.152. The van der Waals surface area contributed by atoms with Gasteiger partial charge in [-0.05, 0) is 72.3 Å². The lowest BCUT2D eigenvalue weighted by Gasteiger charge is -2.38. The van der Waals surface area contributed by atoms with E-state index in [0.29, 0.717) is 16.7 Å². The van der Waals surface area contributed by atoms with Crippen molar-refractivity contribution in [2.24, 2.45) is 10.9 Å². The highest BCUT2D eigenvalue weighted by Gasteiger charge is 2.54. The predicted octanol–water partition coefficient (Wildman–Crippen LogP) is 4.01. The monoisotopic (exact) mass is 714 g/mol. The lowest BCUT2D eigenvalue weighted by Crippen LogP contribution is -2.36. The number of carbonyl (C=O) groups is 2. The van der Waals surface area contributed by atoms with E-state index < -0.39 is 43.4 Å². The number of amides is 2. The van der Waals surface area contributed by atoms with Crippen molar-refractivity contribution in [2.75, 3.05) is 4.90 Å². The second-order valence-corrected chi connectivity index (χ2v) is 14.7. The largest absolute Gasteiger partial charge is 0.508 e. The number of rotatable bonds is 7. The van der Waals surface area contributed by atoms with Gasteiger partial charge in [-0.1, -0.05) is 30.3 Å². The summed E-state index contributed by atoms with van der Waals surface area (Å²) in [7, 11) is -8.02. The zero-order valence-corrected chi connectivity index (χ0v) is 27.2. The molecule has 16 heteroatoms. The van der Waals surface area contributed by atoms with Crippen LogP contribution in [0.1, 0.15) is 32.6 Å². The molecule has 14 nitrogen and oxygen atoms in total. The average molecular weight is 715 g/mol. The first-order chi connectivity index (χ1) is 23.7. The number of nitrogens with two attached hydrogens (primary N) is 2. The van der Waals surface area contributed by atoms with Crippen molar-refractivity contribution in [1.82, 2.24) is 4.72 Å². The Morgan fingerprint density at radius 2 is 1.48 bits per heavy atom. The fourth-order valence-corrected chi connectivity index (χ4v) is 7.65. The smallest absolute Gasteiger partial charge is 0.340 e. The fraction of sp³-hybridized carbons (Fsp3) is 0.0588. The molecule has 2 aliphatic heterocycles. The molecule has 1 unspecified atom stereocenters. The third kappa shape index (κ3) is 5.26. The number of esters is 1. The number of nitrogens with zero attached hydrogens (tertiary/aromatic N) is 1. The van der Waals surface area contributed by atoms with Crippen LogP contribution in [0.3, 0.4) is 0 Å². The Balaban J connectivity index is 1.27. The summed E-state index contributed by atoms with van der Waals surface area (Å²) in [6, 6.07) is 23.0. The number of nitrogens with one attached hydrogen (secondary N) is 1. The Morgan fingerprint density at radius 1 is 0.820 bits per heavy atom. The third-order valence-corrected chi connectivity index (χ3v) is 10.7. The molecular weight excluding hydrogens is 689 g/mol. The molecule has 0 saturated carbocycles. The van der Waals surface area contributed by atoms with Crippen molar-refractivity contribution in [3.8, 4) is 23.0 Å². The average Bonchev–Trinajstić information content (AvgIpc) is 3.37. The number of phenolic OH excluding ortho intramolecular Hbond substituents is 2. The topological polar surface area (TPSA) is 229 Å². The van der Waals surface area contributed by atoms with E-state index in [1.54, 1.807) is 30.3 Å². The maximum atomic E-state index is 13.2. The third-order valence-electron chi connectivity index (χ3n) is 8.39. The molecule has 254 valence electrons. The number of primary amides is 1. The van der Waals surface area contributed by atoms with Gasteiger partial charge in [-0.15, -0.1) is 0 Å². The van der Waals surface area contributed by atoms with E-state index in [0.717, 1.165) is 4.90 Å². The molecule has 0 bridgehead atoms. The van der Waals surface area contributed by atoms with Gasteiger partial charge >= 0.3 is 12.0 Å². The molecule has 0 fully saturated rings. The van der Waals surface area contributed by atoms with Gasteiger partial charge in [-0.3, -0.25) is 4.90 Å². The summed E-state index contributed by atoms with van der Waals surface area (Å²) in [5.41, 5.74) is 5.90. The second-order valence-electron chi connectivity index (χ2n) is 11.4. The van der Waals surface area contributed by atoms with Gasteiger partial charge in [-0.25, -0.2) is 36.3 Å². The van der Waals surface area contributed by atoms with Crippen LogP contribution in [0.2, 0.25) is 0 Å². The molecule has 7 N–H and O–H groups in total. The minimum atomic E-state index is -4.11. The van der Waals surface area contributed by atoms with E-state index in [2.05, 4.69) is 4.72 Å². The first-order valence-corrected chi connectivity index (χ1v) is 17.8. The van der Waals surface area contributed by atoms with Crippen molar-refractivity contribution >= 4 is 43.4 Å². The molecule has 0 aliphatic carbocycles. The normalized spacial score (nSPS) is 16.1. The molecule has 0 radical (unpaired) electrons. The summed E-state index contributed by atoms with van der Waals surface area (Å²) in [6.45, 7) is -0.170.